The Balaban J connectivity index is 1.97. The fourth-order valence-corrected chi connectivity index (χ4v) is 2.72. The number of halogens is 1. The predicted molar refractivity (Wildman–Crippen MR) is 85.8 cm³/mol. The Morgan fingerprint density at radius 2 is 2.00 bits per heavy atom. The molecule has 0 aliphatic rings. The van der Waals surface area contributed by atoms with Crippen LogP contribution in [0.4, 0.5) is 4.39 Å². The average molecular weight is 305 g/mol. The van der Waals surface area contributed by atoms with Gasteiger partial charge < -0.3 is 10.4 Å². The molecule has 0 bridgehead atoms. The number of H-pyrrole nitrogens is 1. The van der Waals surface area contributed by atoms with Gasteiger partial charge in [-0.1, -0.05) is 13.8 Å². The van der Waals surface area contributed by atoms with Crippen molar-refractivity contribution in [2.24, 2.45) is 5.41 Å². The average Bonchev–Trinajstić information content (AvgIpc) is 2.86. The first-order valence-corrected chi connectivity index (χ1v) is 7.54. The Labute approximate surface area is 130 Å². The minimum absolute atomic E-state index is 0.0218. The van der Waals surface area contributed by atoms with Crippen molar-refractivity contribution in [2.75, 3.05) is 6.54 Å². The summed E-state index contributed by atoms with van der Waals surface area (Å²) in [5.41, 5.74) is 2.88. The van der Waals surface area contributed by atoms with Gasteiger partial charge in [0.15, 0.2) is 0 Å². The van der Waals surface area contributed by atoms with Gasteiger partial charge in [0.25, 0.3) is 0 Å². The van der Waals surface area contributed by atoms with E-state index in [0.29, 0.717) is 6.54 Å². The molecule has 2 rings (SSSR count). The Morgan fingerprint density at radius 1 is 1.32 bits per heavy atom. The molecule has 0 saturated carbocycles. The first kappa shape index (κ1) is 16.6. The van der Waals surface area contributed by atoms with Gasteiger partial charge in [0, 0.05) is 24.2 Å². The molecular weight excluding hydrogens is 281 g/mol. The minimum atomic E-state index is -0.305. The van der Waals surface area contributed by atoms with Crippen molar-refractivity contribution in [1.29, 1.82) is 0 Å². The molecule has 5 heteroatoms. The van der Waals surface area contributed by atoms with Crippen LogP contribution in [0.3, 0.4) is 0 Å². The second-order valence-corrected chi connectivity index (χ2v) is 6.60. The summed E-state index contributed by atoms with van der Waals surface area (Å²) in [7, 11) is 0. The molecule has 3 N–H and O–H groups in total. The van der Waals surface area contributed by atoms with Crippen LogP contribution in [-0.4, -0.2) is 28.0 Å². The topological polar surface area (TPSA) is 60.9 Å². The minimum Gasteiger partial charge on any atom is -0.393 e. The highest BCUT2D eigenvalue weighted by Crippen LogP contribution is 2.23. The van der Waals surface area contributed by atoms with Gasteiger partial charge >= 0.3 is 0 Å². The lowest BCUT2D eigenvalue weighted by atomic mass is 9.87. The summed E-state index contributed by atoms with van der Waals surface area (Å²) in [5.74, 6) is -0.247. The van der Waals surface area contributed by atoms with Gasteiger partial charge in [-0.05, 0) is 43.0 Å². The Bertz CT molecular complexity index is 590. The summed E-state index contributed by atoms with van der Waals surface area (Å²) in [6.45, 7) is 7.54. The molecule has 1 aromatic heterocycles. The van der Waals surface area contributed by atoms with E-state index in [0.717, 1.165) is 29.8 Å². The van der Waals surface area contributed by atoms with Crippen LogP contribution in [0.25, 0.3) is 11.3 Å². The molecule has 0 aliphatic carbocycles. The highest BCUT2D eigenvalue weighted by Gasteiger charge is 2.20. The van der Waals surface area contributed by atoms with E-state index in [1.165, 1.54) is 12.1 Å². The number of aliphatic hydroxyl groups excluding tert-OH is 1. The fraction of sp³-hybridized carbons (Fsp3) is 0.471. The van der Waals surface area contributed by atoms with Crippen LogP contribution >= 0.6 is 0 Å². The summed E-state index contributed by atoms with van der Waals surface area (Å²) in [6, 6.07) is 6.37. The number of benzene rings is 1. The van der Waals surface area contributed by atoms with Gasteiger partial charge in [0.2, 0.25) is 0 Å². The lowest BCUT2D eigenvalue weighted by molar-refractivity contribution is 0.128. The van der Waals surface area contributed by atoms with Crippen LogP contribution in [0.2, 0.25) is 0 Å². The molecule has 120 valence electrons. The SMILES string of the molecule is CC(O)CC(C)(C)CNCc1cn[nH]c1-c1ccc(F)cc1. The van der Waals surface area contributed by atoms with Crippen LogP contribution in [0, 0.1) is 11.2 Å². The standard InChI is InChI=1S/C17H24FN3O/c1-12(22)8-17(2,3)11-19-9-14-10-20-21-16(14)13-4-6-15(18)7-5-13/h4-7,10,12,19,22H,8-9,11H2,1-3H3,(H,20,21). The van der Waals surface area contributed by atoms with Crippen LogP contribution in [-0.2, 0) is 6.54 Å². The Kier molecular flexibility index (Phi) is 5.32. The maximum atomic E-state index is 13.0. The molecule has 1 heterocycles. The number of hydrogen-bond acceptors (Lipinski definition) is 3. The second-order valence-electron chi connectivity index (χ2n) is 6.60. The highest BCUT2D eigenvalue weighted by molar-refractivity contribution is 5.62. The first-order chi connectivity index (χ1) is 10.4. The van der Waals surface area contributed by atoms with Gasteiger partial charge in [-0.2, -0.15) is 5.10 Å². The van der Waals surface area contributed by atoms with Crippen molar-refractivity contribution in [2.45, 2.75) is 39.8 Å². The van der Waals surface area contributed by atoms with Crippen molar-refractivity contribution in [3.05, 3.63) is 41.8 Å². The number of nitrogens with zero attached hydrogens (tertiary/aromatic N) is 1. The van der Waals surface area contributed by atoms with E-state index in [1.54, 1.807) is 18.3 Å². The molecule has 1 atom stereocenters. The molecule has 22 heavy (non-hydrogen) atoms. The lowest BCUT2D eigenvalue weighted by Crippen LogP contribution is -2.31. The molecule has 1 unspecified atom stereocenters. The monoisotopic (exact) mass is 305 g/mol. The number of hydrogen-bond donors (Lipinski definition) is 3. The largest absolute Gasteiger partial charge is 0.393 e. The van der Waals surface area contributed by atoms with E-state index in [4.69, 9.17) is 0 Å². The normalized spacial score (nSPS) is 13.3. The molecule has 0 spiro atoms. The van der Waals surface area contributed by atoms with Crippen LogP contribution in [0.5, 0.6) is 0 Å². The summed E-state index contributed by atoms with van der Waals surface area (Å²) >= 11 is 0. The number of aromatic amines is 1. The van der Waals surface area contributed by atoms with Gasteiger partial charge in [0.1, 0.15) is 5.82 Å². The maximum absolute atomic E-state index is 13.0. The smallest absolute Gasteiger partial charge is 0.123 e. The van der Waals surface area contributed by atoms with Gasteiger partial charge in [-0.25, -0.2) is 4.39 Å². The molecule has 0 saturated heterocycles. The zero-order valence-electron chi connectivity index (χ0n) is 13.4. The maximum Gasteiger partial charge on any atom is 0.123 e. The van der Waals surface area contributed by atoms with Crippen LogP contribution in [0.1, 0.15) is 32.8 Å². The summed E-state index contributed by atoms with van der Waals surface area (Å²) < 4.78 is 13.0. The molecule has 0 fully saturated rings. The zero-order chi connectivity index (χ0) is 16.2. The van der Waals surface area contributed by atoms with Gasteiger partial charge in [0.05, 0.1) is 18.0 Å². The number of rotatable bonds is 7. The third-order valence-corrected chi connectivity index (χ3v) is 3.62. The third-order valence-electron chi connectivity index (χ3n) is 3.62. The molecule has 0 amide bonds. The number of nitrogens with one attached hydrogen (secondary N) is 2. The van der Waals surface area contributed by atoms with E-state index in [1.807, 2.05) is 6.92 Å². The molecule has 1 aromatic carbocycles. The molecule has 0 aliphatic heterocycles. The fourth-order valence-electron chi connectivity index (χ4n) is 2.72. The lowest BCUT2D eigenvalue weighted by Gasteiger charge is -2.26. The van der Waals surface area contributed by atoms with Crippen molar-refractivity contribution < 1.29 is 9.50 Å². The van der Waals surface area contributed by atoms with Crippen molar-refractivity contribution in [3.8, 4) is 11.3 Å². The summed E-state index contributed by atoms with van der Waals surface area (Å²) in [4.78, 5) is 0. The summed E-state index contributed by atoms with van der Waals surface area (Å²) in [6.07, 6.45) is 2.23. The summed E-state index contributed by atoms with van der Waals surface area (Å²) in [5, 5.41) is 20.0. The van der Waals surface area contributed by atoms with Crippen LogP contribution in [0.15, 0.2) is 30.5 Å². The third kappa shape index (κ3) is 4.64. The Hall–Kier alpha value is -1.72. The molecular formula is C17H24FN3O. The second kappa shape index (κ2) is 7.03. The van der Waals surface area contributed by atoms with E-state index in [-0.39, 0.29) is 17.3 Å². The van der Waals surface area contributed by atoms with Crippen LogP contribution < -0.4 is 5.32 Å². The number of aromatic nitrogens is 2. The van der Waals surface area contributed by atoms with Crippen molar-refractivity contribution in [3.63, 3.8) is 0 Å². The van der Waals surface area contributed by atoms with E-state index < -0.39 is 0 Å². The number of aliphatic hydroxyl groups is 1. The molecule has 4 nitrogen and oxygen atoms in total. The molecule has 2 aromatic rings. The zero-order valence-corrected chi connectivity index (χ0v) is 13.4. The highest BCUT2D eigenvalue weighted by atomic mass is 19.1. The van der Waals surface area contributed by atoms with E-state index in [9.17, 15) is 9.50 Å². The quantitative estimate of drug-likeness (QED) is 0.736. The van der Waals surface area contributed by atoms with Crippen molar-refractivity contribution >= 4 is 0 Å². The van der Waals surface area contributed by atoms with E-state index in [2.05, 4.69) is 29.4 Å². The van der Waals surface area contributed by atoms with Gasteiger partial charge in [-0.15, -0.1) is 0 Å². The predicted octanol–water partition coefficient (Wildman–Crippen LogP) is 3.10. The van der Waals surface area contributed by atoms with Gasteiger partial charge in [-0.3, -0.25) is 5.10 Å². The first-order valence-electron chi connectivity index (χ1n) is 7.54. The molecule has 0 radical (unpaired) electrons. The van der Waals surface area contributed by atoms with E-state index >= 15 is 0 Å². The van der Waals surface area contributed by atoms with Crippen molar-refractivity contribution in [1.82, 2.24) is 15.5 Å². The Morgan fingerprint density at radius 3 is 2.64 bits per heavy atom.